The molecular formula is C12H17NO2. The lowest BCUT2D eigenvalue weighted by Crippen LogP contribution is -2.15. The van der Waals surface area contributed by atoms with Gasteiger partial charge in [0.05, 0.1) is 12.3 Å². The lowest BCUT2D eigenvalue weighted by molar-refractivity contribution is 0.168. The molecule has 0 heterocycles. The number of para-hydroxylation sites is 1. The van der Waals surface area contributed by atoms with Crippen LogP contribution in [0.1, 0.15) is 25.0 Å². The minimum atomic E-state index is -0.387. The van der Waals surface area contributed by atoms with Crippen LogP contribution in [0, 0.1) is 6.92 Å². The Hall–Kier alpha value is -1.51. The fourth-order valence-electron chi connectivity index (χ4n) is 1.47. The fourth-order valence-corrected chi connectivity index (χ4v) is 1.47. The molecule has 0 bridgehead atoms. The van der Waals surface area contributed by atoms with Gasteiger partial charge in [0.2, 0.25) is 0 Å². The predicted octanol–water partition coefficient (Wildman–Crippen LogP) is 3.13. The molecule has 1 N–H and O–H groups in total. The van der Waals surface area contributed by atoms with Gasteiger partial charge in [-0.15, -0.1) is 0 Å². The average Bonchev–Trinajstić information content (AvgIpc) is 2.21. The summed E-state index contributed by atoms with van der Waals surface area (Å²) < 4.78 is 4.85. The highest BCUT2D eigenvalue weighted by atomic mass is 16.5. The summed E-state index contributed by atoms with van der Waals surface area (Å²) in [4.78, 5) is 11.3. The molecule has 0 aliphatic rings. The molecule has 0 atom stereocenters. The Morgan fingerprint density at radius 1 is 1.40 bits per heavy atom. The summed E-state index contributed by atoms with van der Waals surface area (Å²) in [6, 6.07) is 5.97. The third-order valence-electron chi connectivity index (χ3n) is 2.24. The Morgan fingerprint density at radius 2 is 2.13 bits per heavy atom. The van der Waals surface area contributed by atoms with E-state index < -0.39 is 0 Å². The van der Waals surface area contributed by atoms with Crippen molar-refractivity contribution in [2.75, 3.05) is 11.9 Å². The molecule has 1 amide bonds. The van der Waals surface area contributed by atoms with Gasteiger partial charge < -0.3 is 4.74 Å². The van der Waals surface area contributed by atoms with E-state index in [0.717, 1.165) is 23.2 Å². The van der Waals surface area contributed by atoms with Gasteiger partial charge in [-0.2, -0.15) is 0 Å². The standard InChI is InChI=1S/C12H17NO2/c1-4-10-8-6-7-9(3)11(10)13-12(14)15-5-2/h6-8H,4-5H2,1-3H3,(H,13,14). The van der Waals surface area contributed by atoms with Gasteiger partial charge in [0.1, 0.15) is 0 Å². The van der Waals surface area contributed by atoms with Gasteiger partial charge in [-0.25, -0.2) is 4.79 Å². The zero-order chi connectivity index (χ0) is 11.3. The van der Waals surface area contributed by atoms with Crippen LogP contribution in [0.15, 0.2) is 18.2 Å². The van der Waals surface area contributed by atoms with Crippen molar-refractivity contribution in [3.8, 4) is 0 Å². The number of amides is 1. The van der Waals surface area contributed by atoms with Crippen LogP contribution >= 0.6 is 0 Å². The number of aryl methyl sites for hydroxylation is 2. The van der Waals surface area contributed by atoms with Gasteiger partial charge in [-0.05, 0) is 31.4 Å². The van der Waals surface area contributed by atoms with Crippen LogP contribution < -0.4 is 5.32 Å². The van der Waals surface area contributed by atoms with Gasteiger partial charge in [-0.1, -0.05) is 25.1 Å². The van der Waals surface area contributed by atoms with Gasteiger partial charge in [-0.3, -0.25) is 5.32 Å². The van der Waals surface area contributed by atoms with Crippen LogP contribution in [-0.4, -0.2) is 12.7 Å². The first-order valence-electron chi connectivity index (χ1n) is 5.21. The molecule has 82 valence electrons. The van der Waals surface area contributed by atoms with Crippen molar-refractivity contribution in [2.24, 2.45) is 0 Å². The highest BCUT2D eigenvalue weighted by Crippen LogP contribution is 2.21. The number of carbonyl (C=O) groups excluding carboxylic acids is 1. The lowest BCUT2D eigenvalue weighted by Gasteiger charge is -2.12. The number of nitrogens with one attached hydrogen (secondary N) is 1. The fraction of sp³-hybridized carbons (Fsp3) is 0.417. The number of hydrogen-bond donors (Lipinski definition) is 1. The minimum Gasteiger partial charge on any atom is -0.450 e. The maximum Gasteiger partial charge on any atom is 0.411 e. The minimum absolute atomic E-state index is 0.387. The third-order valence-corrected chi connectivity index (χ3v) is 2.24. The summed E-state index contributed by atoms with van der Waals surface area (Å²) in [6.45, 7) is 6.21. The van der Waals surface area contributed by atoms with Crippen LogP contribution in [0.2, 0.25) is 0 Å². The Morgan fingerprint density at radius 3 is 2.73 bits per heavy atom. The average molecular weight is 207 g/mol. The molecule has 1 aromatic carbocycles. The molecule has 0 spiro atoms. The number of ether oxygens (including phenoxy) is 1. The number of benzene rings is 1. The summed E-state index contributed by atoms with van der Waals surface area (Å²) in [5, 5.41) is 2.77. The zero-order valence-electron chi connectivity index (χ0n) is 9.46. The molecule has 0 radical (unpaired) electrons. The second-order valence-corrected chi connectivity index (χ2v) is 3.31. The first-order valence-corrected chi connectivity index (χ1v) is 5.21. The van der Waals surface area contributed by atoms with Crippen molar-refractivity contribution in [3.63, 3.8) is 0 Å². The van der Waals surface area contributed by atoms with E-state index in [0.29, 0.717) is 6.61 Å². The monoisotopic (exact) mass is 207 g/mol. The summed E-state index contributed by atoms with van der Waals surface area (Å²) in [6.07, 6.45) is 0.505. The topological polar surface area (TPSA) is 38.3 Å². The predicted molar refractivity (Wildman–Crippen MR) is 61.2 cm³/mol. The normalized spacial score (nSPS) is 9.80. The molecule has 15 heavy (non-hydrogen) atoms. The quantitative estimate of drug-likeness (QED) is 0.827. The maximum absolute atomic E-state index is 11.3. The lowest BCUT2D eigenvalue weighted by atomic mass is 10.1. The van der Waals surface area contributed by atoms with Gasteiger partial charge in [0.25, 0.3) is 0 Å². The Balaban J connectivity index is 2.87. The van der Waals surface area contributed by atoms with Crippen LogP contribution in [0.4, 0.5) is 10.5 Å². The molecule has 0 saturated heterocycles. The van der Waals surface area contributed by atoms with Crippen molar-refractivity contribution in [1.82, 2.24) is 0 Å². The van der Waals surface area contributed by atoms with E-state index in [9.17, 15) is 4.79 Å². The van der Waals surface area contributed by atoms with E-state index in [2.05, 4.69) is 12.2 Å². The van der Waals surface area contributed by atoms with E-state index in [1.807, 2.05) is 25.1 Å². The second kappa shape index (κ2) is 5.39. The van der Waals surface area contributed by atoms with Crippen molar-refractivity contribution in [2.45, 2.75) is 27.2 Å². The molecule has 0 aliphatic carbocycles. The number of hydrogen-bond acceptors (Lipinski definition) is 2. The van der Waals surface area contributed by atoms with Gasteiger partial charge >= 0.3 is 6.09 Å². The van der Waals surface area contributed by atoms with Crippen LogP contribution in [0.5, 0.6) is 0 Å². The van der Waals surface area contributed by atoms with E-state index in [4.69, 9.17) is 4.74 Å². The van der Waals surface area contributed by atoms with Crippen LogP contribution in [-0.2, 0) is 11.2 Å². The molecule has 3 nitrogen and oxygen atoms in total. The molecule has 0 fully saturated rings. The Bertz CT molecular complexity index is 347. The summed E-state index contributed by atoms with van der Waals surface area (Å²) in [5.74, 6) is 0. The second-order valence-electron chi connectivity index (χ2n) is 3.31. The Labute approximate surface area is 90.4 Å². The number of rotatable bonds is 3. The Kier molecular flexibility index (Phi) is 4.16. The van der Waals surface area contributed by atoms with E-state index >= 15 is 0 Å². The SMILES string of the molecule is CCOC(=O)Nc1c(C)cccc1CC. The van der Waals surface area contributed by atoms with E-state index in [-0.39, 0.29) is 6.09 Å². The highest BCUT2D eigenvalue weighted by Gasteiger charge is 2.08. The van der Waals surface area contributed by atoms with E-state index in [1.54, 1.807) is 6.92 Å². The molecule has 0 unspecified atom stereocenters. The first-order chi connectivity index (χ1) is 7.19. The van der Waals surface area contributed by atoms with Crippen LogP contribution in [0.3, 0.4) is 0 Å². The van der Waals surface area contributed by atoms with Gasteiger partial charge in [0, 0.05) is 0 Å². The third kappa shape index (κ3) is 2.98. The number of anilines is 1. The molecule has 1 rings (SSSR count). The summed E-state index contributed by atoms with van der Waals surface area (Å²) in [5.41, 5.74) is 3.06. The largest absolute Gasteiger partial charge is 0.450 e. The zero-order valence-corrected chi connectivity index (χ0v) is 9.46. The highest BCUT2D eigenvalue weighted by molar-refractivity contribution is 5.86. The molecule has 0 saturated carbocycles. The summed E-state index contributed by atoms with van der Waals surface area (Å²) in [7, 11) is 0. The maximum atomic E-state index is 11.3. The van der Waals surface area contributed by atoms with Crippen molar-refractivity contribution in [1.29, 1.82) is 0 Å². The van der Waals surface area contributed by atoms with Crippen LogP contribution in [0.25, 0.3) is 0 Å². The molecule has 0 aromatic heterocycles. The molecule has 0 aliphatic heterocycles. The van der Waals surface area contributed by atoms with Crippen molar-refractivity contribution < 1.29 is 9.53 Å². The smallest absolute Gasteiger partial charge is 0.411 e. The number of carbonyl (C=O) groups is 1. The van der Waals surface area contributed by atoms with Gasteiger partial charge in [0.15, 0.2) is 0 Å². The molecule has 1 aromatic rings. The molecule has 3 heteroatoms. The van der Waals surface area contributed by atoms with Crippen molar-refractivity contribution in [3.05, 3.63) is 29.3 Å². The first kappa shape index (κ1) is 11.6. The van der Waals surface area contributed by atoms with Crippen molar-refractivity contribution >= 4 is 11.8 Å². The summed E-state index contributed by atoms with van der Waals surface area (Å²) >= 11 is 0. The molecular weight excluding hydrogens is 190 g/mol. The van der Waals surface area contributed by atoms with E-state index in [1.165, 1.54) is 0 Å².